The zero-order chi connectivity index (χ0) is 12.2. The molecule has 0 aromatic carbocycles. The van der Waals surface area contributed by atoms with Gasteiger partial charge in [-0.2, -0.15) is 0 Å². The van der Waals surface area contributed by atoms with E-state index in [0.717, 1.165) is 12.1 Å². The topological polar surface area (TPSA) is 6.48 Å². The molecular weight excluding hydrogens is 220 g/mol. The van der Waals surface area contributed by atoms with Crippen LogP contribution in [0.15, 0.2) is 0 Å². The lowest BCUT2D eigenvalue weighted by atomic mass is 9.95. The van der Waals surface area contributed by atoms with E-state index in [9.17, 15) is 0 Å². The van der Waals surface area contributed by atoms with Crippen LogP contribution in [0, 0.1) is 0 Å². The molecule has 0 bridgehead atoms. The Balaban J connectivity index is 1.59. The molecule has 1 saturated carbocycles. The van der Waals surface area contributed by atoms with E-state index in [-0.39, 0.29) is 0 Å². The fourth-order valence-electron chi connectivity index (χ4n) is 4.37. The lowest BCUT2D eigenvalue weighted by Gasteiger charge is -2.34. The second kappa shape index (κ2) is 6.38. The third-order valence-electron chi connectivity index (χ3n) is 5.43. The second-order valence-electron chi connectivity index (χ2n) is 6.68. The van der Waals surface area contributed by atoms with Gasteiger partial charge in [0.2, 0.25) is 0 Å². The zero-order valence-electron chi connectivity index (χ0n) is 11.9. The molecule has 3 rings (SSSR count). The average molecular weight is 250 g/mol. The maximum absolute atomic E-state index is 2.88. The molecule has 2 heteroatoms. The quantitative estimate of drug-likeness (QED) is 0.705. The molecule has 1 aliphatic carbocycles. The van der Waals surface area contributed by atoms with Crippen LogP contribution in [0.2, 0.25) is 0 Å². The summed E-state index contributed by atoms with van der Waals surface area (Å²) in [5.74, 6) is 0. The summed E-state index contributed by atoms with van der Waals surface area (Å²) in [4.78, 5) is 5.64. The summed E-state index contributed by atoms with van der Waals surface area (Å²) >= 11 is 0. The van der Waals surface area contributed by atoms with Crippen molar-refractivity contribution in [1.29, 1.82) is 0 Å². The average Bonchev–Trinajstić information content (AvgIpc) is 2.67. The molecule has 2 heterocycles. The molecule has 0 N–H and O–H groups in total. The summed E-state index contributed by atoms with van der Waals surface area (Å²) in [6, 6.07) is 1.82. The van der Waals surface area contributed by atoms with Gasteiger partial charge in [0.25, 0.3) is 0 Å². The van der Waals surface area contributed by atoms with Crippen LogP contribution < -0.4 is 0 Å². The first-order valence-corrected chi connectivity index (χ1v) is 8.41. The van der Waals surface area contributed by atoms with Gasteiger partial charge in [0.05, 0.1) is 0 Å². The monoisotopic (exact) mass is 250 g/mol. The molecule has 2 aliphatic heterocycles. The number of hydrogen-bond acceptors (Lipinski definition) is 2. The van der Waals surface area contributed by atoms with Crippen molar-refractivity contribution in [3.8, 4) is 0 Å². The lowest BCUT2D eigenvalue weighted by Crippen LogP contribution is -2.42. The number of nitrogens with zero attached hydrogens (tertiary/aromatic N) is 2. The van der Waals surface area contributed by atoms with Crippen molar-refractivity contribution >= 4 is 0 Å². The van der Waals surface area contributed by atoms with Gasteiger partial charge in [0, 0.05) is 18.6 Å². The Hall–Kier alpha value is -0.0800. The summed E-state index contributed by atoms with van der Waals surface area (Å²) in [7, 11) is 0. The van der Waals surface area contributed by atoms with Crippen LogP contribution in [0.1, 0.15) is 64.2 Å². The summed E-state index contributed by atoms with van der Waals surface area (Å²) in [5.41, 5.74) is 0. The van der Waals surface area contributed by atoms with Gasteiger partial charge in [-0.15, -0.1) is 0 Å². The Morgan fingerprint density at radius 2 is 1.11 bits per heavy atom. The van der Waals surface area contributed by atoms with Crippen molar-refractivity contribution in [2.75, 3.05) is 26.2 Å². The maximum Gasteiger partial charge on any atom is 0.0223 e. The highest BCUT2D eigenvalue weighted by atomic mass is 15.3. The van der Waals surface area contributed by atoms with E-state index >= 15 is 0 Å². The first-order chi connectivity index (χ1) is 8.93. The Bertz CT molecular complexity index is 245. The fourth-order valence-corrected chi connectivity index (χ4v) is 4.37. The standard InChI is InChI=1S/C16H30N2/c1-2-4-8-15(9-5-3-1)18-13-7-12-17-11-6-10-16(17)14-18/h15-16H,1-14H2. The van der Waals surface area contributed by atoms with Gasteiger partial charge in [0.1, 0.15) is 0 Å². The summed E-state index contributed by atoms with van der Waals surface area (Å²) in [6.45, 7) is 5.50. The number of hydrogen-bond donors (Lipinski definition) is 0. The Labute approximate surface area is 113 Å². The number of rotatable bonds is 1. The van der Waals surface area contributed by atoms with Crippen molar-refractivity contribution < 1.29 is 0 Å². The smallest absolute Gasteiger partial charge is 0.0223 e. The zero-order valence-corrected chi connectivity index (χ0v) is 11.9. The molecule has 2 nitrogen and oxygen atoms in total. The Kier molecular flexibility index (Phi) is 4.58. The van der Waals surface area contributed by atoms with Gasteiger partial charge in [-0.1, -0.05) is 32.1 Å². The summed E-state index contributed by atoms with van der Waals surface area (Å²) < 4.78 is 0. The van der Waals surface area contributed by atoms with Gasteiger partial charge in [-0.25, -0.2) is 0 Å². The van der Waals surface area contributed by atoms with Gasteiger partial charge < -0.3 is 0 Å². The van der Waals surface area contributed by atoms with Crippen LogP contribution in [0.5, 0.6) is 0 Å². The lowest BCUT2D eigenvalue weighted by molar-refractivity contribution is 0.149. The fraction of sp³-hybridized carbons (Fsp3) is 1.00. The van der Waals surface area contributed by atoms with Crippen LogP contribution in [-0.2, 0) is 0 Å². The van der Waals surface area contributed by atoms with Crippen molar-refractivity contribution in [2.45, 2.75) is 76.3 Å². The molecule has 2 saturated heterocycles. The normalized spacial score (nSPS) is 33.7. The third-order valence-corrected chi connectivity index (χ3v) is 5.43. The predicted octanol–water partition coefficient (Wildman–Crippen LogP) is 3.27. The van der Waals surface area contributed by atoms with Gasteiger partial charge >= 0.3 is 0 Å². The molecule has 0 radical (unpaired) electrons. The van der Waals surface area contributed by atoms with E-state index in [2.05, 4.69) is 9.80 Å². The largest absolute Gasteiger partial charge is 0.299 e. The third kappa shape index (κ3) is 3.08. The minimum Gasteiger partial charge on any atom is -0.299 e. The minimum atomic E-state index is 0.901. The molecule has 1 unspecified atom stereocenters. The van der Waals surface area contributed by atoms with Crippen molar-refractivity contribution in [2.24, 2.45) is 0 Å². The van der Waals surface area contributed by atoms with E-state index in [0.29, 0.717) is 0 Å². The number of fused-ring (bicyclic) bond motifs is 1. The van der Waals surface area contributed by atoms with Crippen LogP contribution in [0.25, 0.3) is 0 Å². The van der Waals surface area contributed by atoms with E-state index in [1.54, 1.807) is 0 Å². The van der Waals surface area contributed by atoms with Crippen LogP contribution in [0.3, 0.4) is 0 Å². The highest BCUT2D eigenvalue weighted by Gasteiger charge is 2.31. The summed E-state index contributed by atoms with van der Waals surface area (Å²) in [6.07, 6.45) is 14.7. The Morgan fingerprint density at radius 1 is 0.500 bits per heavy atom. The van der Waals surface area contributed by atoms with Crippen LogP contribution >= 0.6 is 0 Å². The van der Waals surface area contributed by atoms with Crippen molar-refractivity contribution in [1.82, 2.24) is 9.80 Å². The molecule has 3 fully saturated rings. The molecule has 0 aromatic rings. The van der Waals surface area contributed by atoms with Gasteiger partial charge in [-0.3, -0.25) is 9.80 Å². The SMILES string of the molecule is C1CCCC(N2CCCN3CCCC3C2)CCC1. The van der Waals surface area contributed by atoms with Gasteiger partial charge in [0.15, 0.2) is 0 Å². The van der Waals surface area contributed by atoms with E-state index in [4.69, 9.17) is 0 Å². The molecule has 0 amide bonds. The second-order valence-corrected chi connectivity index (χ2v) is 6.68. The molecular formula is C16H30N2. The molecule has 0 spiro atoms. The predicted molar refractivity (Wildman–Crippen MR) is 76.9 cm³/mol. The Morgan fingerprint density at radius 3 is 1.94 bits per heavy atom. The van der Waals surface area contributed by atoms with Crippen molar-refractivity contribution in [3.05, 3.63) is 0 Å². The minimum absolute atomic E-state index is 0.901. The maximum atomic E-state index is 2.88. The van der Waals surface area contributed by atoms with Crippen LogP contribution in [-0.4, -0.2) is 48.1 Å². The highest BCUT2D eigenvalue weighted by Crippen LogP contribution is 2.26. The molecule has 18 heavy (non-hydrogen) atoms. The van der Waals surface area contributed by atoms with Crippen molar-refractivity contribution in [3.63, 3.8) is 0 Å². The molecule has 3 aliphatic rings. The molecule has 0 aromatic heterocycles. The molecule has 104 valence electrons. The molecule has 1 atom stereocenters. The first-order valence-electron chi connectivity index (χ1n) is 8.41. The van der Waals surface area contributed by atoms with Gasteiger partial charge in [-0.05, 0) is 51.7 Å². The summed E-state index contributed by atoms with van der Waals surface area (Å²) in [5, 5.41) is 0. The highest BCUT2D eigenvalue weighted by molar-refractivity contribution is 4.87. The van der Waals surface area contributed by atoms with Crippen LogP contribution in [0.4, 0.5) is 0 Å². The first kappa shape index (κ1) is 12.9. The van der Waals surface area contributed by atoms with E-state index in [1.807, 2.05) is 0 Å². The van der Waals surface area contributed by atoms with E-state index in [1.165, 1.54) is 90.4 Å². The van der Waals surface area contributed by atoms with E-state index < -0.39 is 0 Å².